The fourth-order valence-corrected chi connectivity index (χ4v) is 8.07. The summed E-state index contributed by atoms with van der Waals surface area (Å²) in [5.41, 5.74) is 0.462. The summed E-state index contributed by atoms with van der Waals surface area (Å²) < 4.78 is 2.36. The molecule has 1 heterocycles. The number of hydrogen-bond donors (Lipinski definition) is 1. The Kier molecular flexibility index (Phi) is 4.39. The Bertz CT molecular complexity index is 807. The molecule has 5 heteroatoms. The summed E-state index contributed by atoms with van der Waals surface area (Å²) in [7, 11) is 0. The molecular weight excluding hydrogens is 356 g/mol. The van der Waals surface area contributed by atoms with Gasteiger partial charge in [-0.25, -0.2) is 0 Å². The molecule has 1 amide bonds. The molecule has 0 radical (unpaired) electrons. The predicted molar refractivity (Wildman–Crippen MR) is 106 cm³/mol. The van der Waals surface area contributed by atoms with Crippen molar-refractivity contribution in [3.8, 4) is 0 Å². The van der Waals surface area contributed by atoms with Gasteiger partial charge in [0.1, 0.15) is 0 Å². The van der Waals surface area contributed by atoms with Crippen molar-refractivity contribution in [2.45, 2.75) is 96.1 Å². The van der Waals surface area contributed by atoms with Crippen LogP contribution < -0.4 is 4.80 Å². The van der Waals surface area contributed by atoms with E-state index >= 15 is 0 Å². The number of aryl methyl sites for hydroxylation is 1. The van der Waals surface area contributed by atoms with Crippen LogP contribution in [-0.2, 0) is 24.2 Å². The van der Waals surface area contributed by atoms with E-state index in [0.717, 1.165) is 62.7 Å². The zero-order valence-corrected chi connectivity index (χ0v) is 17.3. The fraction of sp³-hybridized carbons (Fsp3) is 0.818. The van der Waals surface area contributed by atoms with Crippen LogP contribution in [-0.4, -0.2) is 21.2 Å². The lowest BCUT2D eigenvalue weighted by molar-refractivity contribution is -0.175. The molecule has 6 rings (SSSR count). The van der Waals surface area contributed by atoms with Gasteiger partial charge in [-0.3, -0.25) is 4.79 Å². The molecule has 1 N–H and O–H groups in total. The maximum Gasteiger partial charge on any atom is 0.254 e. The van der Waals surface area contributed by atoms with Gasteiger partial charge in [-0.1, -0.05) is 13.3 Å². The molecule has 5 aliphatic carbocycles. The summed E-state index contributed by atoms with van der Waals surface area (Å²) in [6.07, 6.45) is 12.7. The first-order valence-electron chi connectivity index (χ1n) is 11.0. The van der Waals surface area contributed by atoms with Crippen molar-refractivity contribution in [2.24, 2.45) is 22.2 Å². The second-order valence-electron chi connectivity index (χ2n) is 9.85. The molecule has 0 aromatic carbocycles. The van der Waals surface area contributed by atoms with Gasteiger partial charge in [0, 0.05) is 17.1 Å². The monoisotopic (exact) mass is 388 g/mol. The third-order valence-corrected chi connectivity index (χ3v) is 8.76. The minimum Gasteiger partial charge on any atom is -0.390 e. The van der Waals surface area contributed by atoms with Crippen molar-refractivity contribution in [2.75, 3.05) is 0 Å². The number of carbonyl (C=O) groups excluding carboxylic acids is 1. The third-order valence-electron chi connectivity index (χ3n) is 7.58. The van der Waals surface area contributed by atoms with Crippen LogP contribution in [0.25, 0.3) is 0 Å². The van der Waals surface area contributed by atoms with Crippen molar-refractivity contribution in [3.63, 3.8) is 0 Å². The number of carbonyl (C=O) groups is 1. The van der Waals surface area contributed by atoms with Crippen LogP contribution in [0.3, 0.4) is 0 Å². The molecule has 148 valence electrons. The average molecular weight is 389 g/mol. The highest BCUT2D eigenvalue weighted by Crippen LogP contribution is 2.62. The Morgan fingerprint density at radius 1 is 1.22 bits per heavy atom. The largest absolute Gasteiger partial charge is 0.390 e. The molecule has 4 fully saturated rings. The molecule has 0 aliphatic heterocycles. The molecule has 0 saturated heterocycles. The van der Waals surface area contributed by atoms with E-state index < -0.39 is 5.60 Å². The molecule has 0 spiro atoms. The van der Waals surface area contributed by atoms with E-state index in [0.29, 0.717) is 18.3 Å². The van der Waals surface area contributed by atoms with E-state index in [1.54, 1.807) is 11.3 Å². The number of aliphatic hydroxyl groups is 1. The number of aromatic nitrogens is 1. The van der Waals surface area contributed by atoms with Gasteiger partial charge >= 0.3 is 0 Å². The summed E-state index contributed by atoms with van der Waals surface area (Å²) in [5, 5.41) is 11.0. The van der Waals surface area contributed by atoms with Gasteiger partial charge in [-0.15, -0.1) is 11.3 Å². The van der Waals surface area contributed by atoms with Crippen LogP contribution >= 0.6 is 11.3 Å². The first kappa shape index (κ1) is 18.1. The summed E-state index contributed by atoms with van der Waals surface area (Å²) >= 11 is 1.76. The SMILES string of the molecule is CCCCn1c2c(sc1=NC(=O)C13CC4CC(CC(O)(C4)C1)C3)CCCC2. The quantitative estimate of drug-likeness (QED) is 0.848. The molecule has 4 bridgehead atoms. The Morgan fingerprint density at radius 3 is 2.67 bits per heavy atom. The van der Waals surface area contributed by atoms with Gasteiger partial charge in [-0.05, 0) is 82.5 Å². The predicted octanol–water partition coefficient (Wildman–Crippen LogP) is 3.99. The van der Waals surface area contributed by atoms with Crippen LogP contribution in [0.2, 0.25) is 0 Å². The maximum atomic E-state index is 13.5. The average Bonchev–Trinajstić information content (AvgIpc) is 2.95. The first-order chi connectivity index (χ1) is 13.0. The molecule has 4 saturated carbocycles. The van der Waals surface area contributed by atoms with Crippen molar-refractivity contribution in [3.05, 3.63) is 15.4 Å². The van der Waals surface area contributed by atoms with Gasteiger partial charge in [0.2, 0.25) is 0 Å². The lowest BCUT2D eigenvalue weighted by atomic mass is 9.47. The van der Waals surface area contributed by atoms with E-state index in [1.807, 2.05) is 0 Å². The lowest BCUT2D eigenvalue weighted by Crippen LogP contribution is -2.58. The van der Waals surface area contributed by atoms with E-state index in [4.69, 9.17) is 4.99 Å². The van der Waals surface area contributed by atoms with Crippen molar-refractivity contribution in [1.29, 1.82) is 0 Å². The Hall–Kier alpha value is -0.940. The second kappa shape index (κ2) is 6.55. The highest BCUT2D eigenvalue weighted by Gasteiger charge is 2.60. The van der Waals surface area contributed by atoms with E-state index in [1.165, 1.54) is 29.8 Å². The lowest BCUT2D eigenvalue weighted by Gasteiger charge is -2.58. The van der Waals surface area contributed by atoms with E-state index in [2.05, 4.69) is 11.5 Å². The van der Waals surface area contributed by atoms with Gasteiger partial charge in [-0.2, -0.15) is 4.99 Å². The smallest absolute Gasteiger partial charge is 0.254 e. The van der Waals surface area contributed by atoms with Crippen LogP contribution in [0.15, 0.2) is 4.99 Å². The molecule has 1 aromatic heterocycles. The zero-order valence-electron chi connectivity index (χ0n) is 16.5. The normalized spacial score (nSPS) is 37.6. The number of nitrogens with zero attached hydrogens (tertiary/aromatic N) is 2. The fourth-order valence-electron chi connectivity index (χ4n) is 6.84. The maximum absolute atomic E-state index is 13.5. The Labute approximate surface area is 165 Å². The minimum atomic E-state index is -0.595. The molecule has 2 atom stereocenters. The number of amides is 1. The van der Waals surface area contributed by atoms with Gasteiger partial charge in [0.15, 0.2) is 4.80 Å². The second-order valence-corrected chi connectivity index (χ2v) is 10.9. The molecular formula is C22H32N2O2S. The Balaban J connectivity index is 1.51. The number of fused-ring (bicyclic) bond motifs is 1. The summed E-state index contributed by atoms with van der Waals surface area (Å²) in [6, 6.07) is 0. The standard InChI is InChI=1S/C22H32N2O2S/c1-2-3-8-24-17-6-4-5-7-18(17)27-20(24)23-19(25)21-10-15-9-16(11-21)13-22(26,12-15)14-21/h15-16,26H,2-14H2,1H3. The van der Waals surface area contributed by atoms with Crippen molar-refractivity contribution in [1.82, 2.24) is 4.57 Å². The van der Waals surface area contributed by atoms with E-state index in [9.17, 15) is 9.90 Å². The topological polar surface area (TPSA) is 54.6 Å². The highest BCUT2D eigenvalue weighted by atomic mass is 32.1. The van der Waals surface area contributed by atoms with Crippen LogP contribution in [0.4, 0.5) is 0 Å². The number of hydrogen-bond acceptors (Lipinski definition) is 3. The molecule has 27 heavy (non-hydrogen) atoms. The summed E-state index contributed by atoms with van der Waals surface area (Å²) in [5.74, 6) is 1.12. The third kappa shape index (κ3) is 3.05. The van der Waals surface area contributed by atoms with E-state index in [-0.39, 0.29) is 11.3 Å². The highest BCUT2D eigenvalue weighted by molar-refractivity contribution is 7.09. The number of thiazole rings is 1. The zero-order chi connectivity index (χ0) is 18.6. The minimum absolute atomic E-state index is 0.0684. The van der Waals surface area contributed by atoms with Crippen molar-refractivity contribution >= 4 is 17.2 Å². The molecule has 1 aromatic rings. The van der Waals surface area contributed by atoms with Gasteiger partial charge in [0.05, 0.1) is 11.0 Å². The summed E-state index contributed by atoms with van der Waals surface area (Å²) in [6.45, 7) is 3.20. The summed E-state index contributed by atoms with van der Waals surface area (Å²) in [4.78, 5) is 20.6. The van der Waals surface area contributed by atoms with Crippen LogP contribution in [0.1, 0.15) is 81.7 Å². The molecule has 2 unspecified atom stereocenters. The first-order valence-corrected chi connectivity index (χ1v) is 11.8. The van der Waals surface area contributed by atoms with Crippen LogP contribution in [0, 0.1) is 17.3 Å². The van der Waals surface area contributed by atoms with Crippen molar-refractivity contribution < 1.29 is 9.90 Å². The molecule has 5 aliphatic rings. The Morgan fingerprint density at radius 2 is 1.96 bits per heavy atom. The van der Waals surface area contributed by atoms with Gasteiger partial charge < -0.3 is 9.67 Å². The number of unbranched alkanes of at least 4 members (excludes halogenated alkanes) is 1. The number of rotatable bonds is 4. The van der Waals surface area contributed by atoms with Gasteiger partial charge in [0.25, 0.3) is 5.91 Å². The van der Waals surface area contributed by atoms with Crippen LogP contribution in [0.5, 0.6) is 0 Å². The molecule has 4 nitrogen and oxygen atoms in total.